The highest BCUT2D eigenvalue weighted by Gasteiger charge is 2.13. The maximum atomic E-state index is 12.1. The average Bonchev–Trinajstić information content (AvgIpc) is 2.64. The van der Waals surface area contributed by atoms with E-state index in [0.717, 1.165) is 12.2 Å². The third-order valence-electron chi connectivity index (χ3n) is 4.63. The van der Waals surface area contributed by atoms with Gasteiger partial charge in [-0.15, -0.1) is 0 Å². The molecule has 0 heterocycles. The van der Waals surface area contributed by atoms with Crippen LogP contribution in [0.4, 0.5) is 0 Å². The Labute approximate surface area is 157 Å². The lowest BCUT2D eigenvalue weighted by atomic mass is 9.87. The standard InChI is InChI=1S/C23H30O3/c1-6-17(2)18-7-9-19(10-8-18)22(24)26-16-15-25-21-13-11-20(12-14-21)23(3,4)5/h7-14,17H,6,15-16H2,1-5H3. The quantitative estimate of drug-likeness (QED) is 0.470. The van der Waals surface area contributed by atoms with Crippen LogP contribution >= 0.6 is 0 Å². The lowest BCUT2D eigenvalue weighted by Gasteiger charge is -2.19. The molecule has 2 rings (SSSR count). The molecule has 26 heavy (non-hydrogen) atoms. The normalized spacial score (nSPS) is 12.5. The Morgan fingerprint density at radius 1 is 0.962 bits per heavy atom. The van der Waals surface area contributed by atoms with Crippen LogP contribution in [0.25, 0.3) is 0 Å². The summed E-state index contributed by atoms with van der Waals surface area (Å²) in [5.41, 5.74) is 3.20. The van der Waals surface area contributed by atoms with Crippen LogP contribution in [0.15, 0.2) is 48.5 Å². The molecule has 0 amide bonds. The molecule has 0 aromatic heterocycles. The Balaban J connectivity index is 1.78. The predicted molar refractivity (Wildman–Crippen MR) is 106 cm³/mol. The van der Waals surface area contributed by atoms with Gasteiger partial charge in [-0.2, -0.15) is 0 Å². The van der Waals surface area contributed by atoms with Gasteiger partial charge in [-0.3, -0.25) is 0 Å². The molecule has 2 aromatic carbocycles. The largest absolute Gasteiger partial charge is 0.490 e. The third kappa shape index (κ3) is 5.62. The molecule has 0 aliphatic carbocycles. The molecular weight excluding hydrogens is 324 g/mol. The molecule has 0 bridgehead atoms. The Bertz CT molecular complexity index is 694. The number of ether oxygens (including phenoxy) is 2. The smallest absolute Gasteiger partial charge is 0.338 e. The second-order valence-corrected chi connectivity index (χ2v) is 7.69. The van der Waals surface area contributed by atoms with E-state index in [1.54, 1.807) is 0 Å². The lowest BCUT2D eigenvalue weighted by Crippen LogP contribution is -2.13. The predicted octanol–water partition coefficient (Wildman–Crippen LogP) is 5.73. The van der Waals surface area contributed by atoms with Crippen molar-refractivity contribution in [2.45, 2.75) is 52.4 Å². The van der Waals surface area contributed by atoms with Gasteiger partial charge in [0.1, 0.15) is 19.0 Å². The van der Waals surface area contributed by atoms with Crippen LogP contribution in [0, 0.1) is 0 Å². The highest BCUT2D eigenvalue weighted by atomic mass is 16.6. The fourth-order valence-electron chi connectivity index (χ4n) is 2.61. The van der Waals surface area contributed by atoms with Crippen LogP contribution < -0.4 is 4.74 Å². The van der Waals surface area contributed by atoms with Crippen LogP contribution in [0.2, 0.25) is 0 Å². The van der Waals surface area contributed by atoms with Gasteiger partial charge >= 0.3 is 5.97 Å². The fraction of sp³-hybridized carbons (Fsp3) is 0.435. The molecule has 0 saturated heterocycles. The van der Waals surface area contributed by atoms with Crippen molar-refractivity contribution in [3.63, 3.8) is 0 Å². The molecule has 1 unspecified atom stereocenters. The van der Waals surface area contributed by atoms with Crippen molar-refractivity contribution < 1.29 is 14.3 Å². The van der Waals surface area contributed by atoms with Gasteiger partial charge in [0.05, 0.1) is 5.56 Å². The molecule has 1 atom stereocenters. The van der Waals surface area contributed by atoms with Gasteiger partial charge in [-0.25, -0.2) is 4.79 Å². The highest BCUT2D eigenvalue weighted by molar-refractivity contribution is 5.89. The zero-order chi connectivity index (χ0) is 19.2. The first-order valence-corrected chi connectivity index (χ1v) is 9.31. The Morgan fingerprint density at radius 3 is 2.12 bits per heavy atom. The second-order valence-electron chi connectivity index (χ2n) is 7.69. The fourth-order valence-corrected chi connectivity index (χ4v) is 2.61. The van der Waals surface area contributed by atoms with E-state index in [2.05, 4.69) is 46.8 Å². The van der Waals surface area contributed by atoms with Gasteiger partial charge in [0.25, 0.3) is 0 Å². The van der Waals surface area contributed by atoms with Crippen molar-refractivity contribution in [3.8, 4) is 5.75 Å². The first kappa shape index (κ1) is 20.0. The second kappa shape index (κ2) is 8.88. The van der Waals surface area contributed by atoms with E-state index in [9.17, 15) is 4.79 Å². The zero-order valence-electron chi connectivity index (χ0n) is 16.5. The molecular formula is C23H30O3. The van der Waals surface area contributed by atoms with Gasteiger partial charge in [0, 0.05) is 0 Å². The average molecular weight is 354 g/mol. The molecule has 0 aliphatic heterocycles. The van der Waals surface area contributed by atoms with E-state index in [1.165, 1.54) is 11.1 Å². The summed E-state index contributed by atoms with van der Waals surface area (Å²) in [5.74, 6) is 0.970. The molecule has 0 fully saturated rings. The van der Waals surface area contributed by atoms with Gasteiger partial charge in [0.15, 0.2) is 0 Å². The van der Waals surface area contributed by atoms with Crippen molar-refractivity contribution in [1.82, 2.24) is 0 Å². The minimum Gasteiger partial charge on any atom is -0.490 e. The summed E-state index contributed by atoms with van der Waals surface area (Å²) in [7, 11) is 0. The summed E-state index contributed by atoms with van der Waals surface area (Å²) in [6.07, 6.45) is 1.08. The molecule has 0 spiro atoms. The van der Waals surface area contributed by atoms with E-state index >= 15 is 0 Å². The molecule has 0 radical (unpaired) electrons. The summed E-state index contributed by atoms with van der Waals surface area (Å²) in [6, 6.07) is 15.7. The molecule has 0 saturated carbocycles. The molecule has 0 N–H and O–H groups in total. The molecule has 2 aromatic rings. The number of hydrogen-bond donors (Lipinski definition) is 0. The Hall–Kier alpha value is -2.29. The minimum atomic E-state index is -0.313. The third-order valence-corrected chi connectivity index (χ3v) is 4.63. The van der Waals surface area contributed by atoms with Crippen LogP contribution in [-0.4, -0.2) is 19.2 Å². The van der Waals surface area contributed by atoms with E-state index in [4.69, 9.17) is 9.47 Å². The van der Waals surface area contributed by atoms with Gasteiger partial charge < -0.3 is 9.47 Å². The van der Waals surface area contributed by atoms with Crippen molar-refractivity contribution in [2.75, 3.05) is 13.2 Å². The van der Waals surface area contributed by atoms with E-state index < -0.39 is 0 Å². The number of esters is 1. The van der Waals surface area contributed by atoms with Gasteiger partial charge in [0.2, 0.25) is 0 Å². The number of rotatable bonds is 7. The summed E-state index contributed by atoms with van der Waals surface area (Å²) in [5, 5.41) is 0. The number of benzene rings is 2. The zero-order valence-corrected chi connectivity index (χ0v) is 16.5. The van der Waals surface area contributed by atoms with Crippen LogP contribution in [-0.2, 0) is 10.2 Å². The Kier molecular flexibility index (Phi) is 6.84. The van der Waals surface area contributed by atoms with Crippen molar-refractivity contribution >= 4 is 5.97 Å². The van der Waals surface area contributed by atoms with Crippen LogP contribution in [0.5, 0.6) is 5.75 Å². The van der Waals surface area contributed by atoms with E-state index in [1.807, 2.05) is 36.4 Å². The number of carbonyl (C=O) groups excluding carboxylic acids is 1. The van der Waals surface area contributed by atoms with E-state index in [0.29, 0.717) is 18.1 Å². The van der Waals surface area contributed by atoms with Crippen molar-refractivity contribution in [1.29, 1.82) is 0 Å². The number of carbonyl (C=O) groups is 1. The summed E-state index contributed by atoms with van der Waals surface area (Å²) in [4.78, 5) is 12.1. The molecule has 3 heteroatoms. The number of hydrogen-bond acceptors (Lipinski definition) is 3. The maximum Gasteiger partial charge on any atom is 0.338 e. The van der Waals surface area contributed by atoms with Crippen molar-refractivity contribution in [2.24, 2.45) is 0 Å². The highest BCUT2D eigenvalue weighted by Crippen LogP contribution is 2.24. The molecule has 3 nitrogen and oxygen atoms in total. The summed E-state index contributed by atoms with van der Waals surface area (Å²) < 4.78 is 10.9. The van der Waals surface area contributed by atoms with Crippen LogP contribution in [0.1, 0.15) is 68.4 Å². The molecule has 140 valence electrons. The van der Waals surface area contributed by atoms with Gasteiger partial charge in [-0.05, 0) is 53.1 Å². The maximum absolute atomic E-state index is 12.1. The summed E-state index contributed by atoms with van der Waals surface area (Å²) in [6.45, 7) is 11.4. The summed E-state index contributed by atoms with van der Waals surface area (Å²) >= 11 is 0. The Morgan fingerprint density at radius 2 is 1.58 bits per heavy atom. The molecule has 0 aliphatic rings. The van der Waals surface area contributed by atoms with Crippen molar-refractivity contribution in [3.05, 3.63) is 65.2 Å². The monoisotopic (exact) mass is 354 g/mol. The van der Waals surface area contributed by atoms with E-state index in [-0.39, 0.29) is 18.0 Å². The van der Waals surface area contributed by atoms with Crippen LogP contribution in [0.3, 0.4) is 0 Å². The van der Waals surface area contributed by atoms with Gasteiger partial charge in [-0.1, -0.05) is 58.9 Å². The first-order chi connectivity index (χ1) is 12.3. The SMILES string of the molecule is CCC(C)c1ccc(C(=O)OCCOc2ccc(C(C)(C)C)cc2)cc1. The minimum absolute atomic E-state index is 0.124. The lowest BCUT2D eigenvalue weighted by molar-refractivity contribution is 0.0450. The first-order valence-electron chi connectivity index (χ1n) is 9.31. The topological polar surface area (TPSA) is 35.5 Å².